The van der Waals surface area contributed by atoms with Gasteiger partial charge in [-0.15, -0.1) is 0 Å². The Morgan fingerprint density at radius 1 is 1.06 bits per heavy atom. The molecule has 0 spiro atoms. The van der Waals surface area contributed by atoms with Gasteiger partial charge in [0.05, 0.1) is 26.4 Å². The van der Waals surface area contributed by atoms with Gasteiger partial charge >= 0.3 is 0 Å². The maximum atomic E-state index is 8.32. The monoisotopic (exact) mass is 302 g/mol. The molecule has 0 unspecified atom stereocenters. The van der Waals surface area contributed by atoms with Crippen LogP contribution in [0.3, 0.4) is 0 Å². The van der Waals surface area contributed by atoms with Gasteiger partial charge in [-0.3, -0.25) is 0 Å². The molecule has 0 aromatic heterocycles. The average Bonchev–Trinajstić information content (AvgIpc) is 2.24. The van der Waals surface area contributed by atoms with Crippen molar-refractivity contribution in [3.8, 4) is 5.75 Å². The summed E-state index contributed by atoms with van der Waals surface area (Å²) < 4.78 is 16.2. The number of rotatable bonds is 2. The van der Waals surface area contributed by atoms with Gasteiger partial charge in [-0.25, -0.2) is 0 Å². The van der Waals surface area contributed by atoms with Crippen molar-refractivity contribution in [2.75, 3.05) is 26.4 Å². The Kier molecular flexibility index (Phi) is 4.79. The molecule has 0 bridgehead atoms. The smallest absolute Gasteiger partial charge is 0.145 e. The van der Waals surface area contributed by atoms with Crippen LogP contribution in [0.1, 0.15) is 0 Å². The van der Waals surface area contributed by atoms with Crippen molar-refractivity contribution in [2.24, 2.45) is 0 Å². The summed E-state index contributed by atoms with van der Waals surface area (Å²) in [7, 11) is 0. The molecule has 2 heterocycles. The predicted molar refractivity (Wildman–Crippen MR) is 66.2 cm³/mol. The Morgan fingerprint density at radius 3 is 1.94 bits per heavy atom. The van der Waals surface area contributed by atoms with E-state index in [0.717, 1.165) is 23.4 Å². The van der Waals surface area contributed by atoms with Crippen molar-refractivity contribution in [3.63, 3.8) is 0 Å². The summed E-state index contributed by atoms with van der Waals surface area (Å²) in [5.74, 6) is 0.909. The molecule has 4 nitrogen and oxygen atoms in total. The van der Waals surface area contributed by atoms with Gasteiger partial charge in [-0.05, 0) is 24.3 Å². The van der Waals surface area contributed by atoms with Crippen molar-refractivity contribution < 1.29 is 19.3 Å². The van der Waals surface area contributed by atoms with Crippen LogP contribution in [0.4, 0.5) is 0 Å². The van der Waals surface area contributed by atoms with E-state index in [9.17, 15) is 0 Å². The van der Waals surface area contributed by atoms with E-state index < -0.39 is 0 Å². The van der Waals surface area contributed by atoms with E-state index in [1.54, 1.807) is 0 Å². The van der Waals surface area contributed by atoms with Crippen molar-refractivity contribution in [1.29, 1.82) is 0 Å². The Morgan fingerprint density at radius 2 is 1.59 bits per heavy atom. The molecule has 17 heavy (non-hydrogen) atoms. The molecular weight excluding hydrogens is 288 g/mol. The van der Waals surface area contributed by atoms with Crippen LogP contribution in [0.2, 0.25) is 0 Å². The third kappa shape index (κ3) is 4.27. The zero-order valence-electron chi connectivity index (χ0n) is 9.34. The second-order valence-corrected chi connectivity index (χ2v) is 4.84. The number of halogens is 1. The molecule has 2 aliphatic rings. The molecule has 94 valence electrons. The van der Waals surface area contributed by atoms with E-state index in [2.05, 4.69) is 20.7 Å². The number of hydrogen-bond acceptors (Lipinski definition) is 4. The lowest BCUT2D eigenvalue weighted by Gasteiger charge is -2.26. The van der Waals surface area contributed by atoms with Crippen LogP contribution in [0.15, 0.2) is 28.7 Å². The molecule has 0 saturated carbocycles. The maximum absolute atomic E-state index is 8.32. The number of hydrogen-bond donors (Lipinski definition) is 1. The molecule has 1 aromatic rings. The highest BCUT2D eigenvalue weighted by atomic mass is 79.9. The summed E-state index contributed by atoms with van der Waals surface area (Å²) in [6.45, 7) is 2.52. The van der Waals surface area contributed by atoms with Crippen LogP contribution in [-0.4, -0.2) is 43.7 Å². The summed E-state index contributed by atoms with van der Waals surface area (Å²) in [6.07, 6.45) is 0.0983. The van der Waals surface area contributed by atoms with Crippen molar-refractivity contribution in [1.82, 2.24) is 0 Å². The van der Waals surface area contributed by atoms with E-state index in [4.69, 9.17) is 14.6 Å². The molecule has 0 aliphatic carbocycles. The first-order chi connectivity index (χ1) is 8.24. The standard InChI is InChI=1S/C9H9BrO2.C3H6O2/c10-7-1-3-8(4-2-7)12-9-5-11-6-9;4-3-1-5-2-3/h1-4,9H,5-6H2;3-4H,1-2H2. The third-order valence-electron chi connectivity index (χ3n) is 2.34. The highest BCUT2D eigenvalue weighted by Gasteiger charge is 2.19. The molecule has 0 atom stereocenters. The van der Waals surface area contributed by atoms with E-state index in [0.29, 0.717) is 13.2 Å². The zero-order valence-corrected chi connectivity index (χ0v) is 10.9. The van der Waals surface area contributed by atoms with Gasteiger partial charge in [-0.2, -0.15) is 0 Å². The van der Waals surface area contributed by atoms with Gasteiger partial charge in [0.1, 0.15) is 18.0 Å². The molecule has 1 N–H and O–H groups in total. The van der Waals surface area contributed by atoms with Crippen LogP contribution in [0.5, 0.6) is 5.75 Å². The molecule has 0 radical (unpaired) electrons. The fourth-order valence-electron chi connectivity index (χ4n) is 1.21. The topological polar surface area (TPSA) is 47.9 Å². The number of ether oxygens (including phenoxy) is 3. The van der Waals surface area contributed by atoms with Crippen molar-refractivity contribution in [2.45, 2.75) is 12.2 Å². The summed E-state index contributed by atoms with van der Waals surface area (Å²) in [5, 5.41) is 8.32. The van der Waals surface area contributed by atoms with Gasteiger partial charge in [0.15, 0.2) is 0 Å². The SMILES string of the molecule is Brc1ccc(OC2COC2)cc1.OC1COC1. The molecule has 5 heteroatoms. The summed E-state index contributed by atoms with van der Waals surface area (Å²) >= 11 is 3.36. The Hall–Kier alpha value is -0.620. The Bertz CT molecular complexity index is 333. The van der Waals surface area contributed by atoms with Crippen molar-refractivity contribution in [3.05, 3.63) is 28.7 Å². The maximum Gasteiger partial charge on any atom is 0.145 e. The van der Waals surface area contributed by atoms with Crippen LogP contribution in [0.25, 0.3) is 0 Å². The quantitative estimate of drug-likeness (QED) is 0.901. The third-order valence-corrected chi connectivity index (χ3v) is 2.87. The minimum atomic E-state index is -0.157. The molecule has 2 fully saturated rings. The highest BCUT2D eigenvalue weighted by Crippen LogP contribution is 2.19. The minimum absolute atomic E-state index is 0.157. The van der Waals surface area contributed by atoms with E-state index in [1.807, 2.05) is 24.3 Å². The number of aliphatic hydroxyl groups excluding tert-OH is 1. The zero-order chi connectivity index (χ0) is 12.1. The van der Waals surface area contributed by atoms with E-state index in [-0.39, 0.29) is 12.2 Å². The number of aliphatic hydroxyl groups is 1. The highest BCUT2D eigenvalue weighted by molar-refractivity contribution is 9.10. The first-order valence-corrected chi connectivity index (χ1v) is 6.29. The summed E-state index contributed by atoms with van der Waals surface area (Å²) in [5.41, 5.74) is 0. The molecule has 2 aliphatic heterocycles. The Balaban J connectivity index is 0.000000181. The van der Waals surface area contributed by atoms with Crippen LogP contribution in [-0.2, 0) is 9.47 Å². The van der Waals surface area contributed by atoms with Crippen molar-refractivity contribution >= 4 is 15.9 Å². The van der Waals surface area contributed by atoms with E-state index in [1.165, 1.54) is 0 Å². The predicted octanol–water partition coefficient (Wildman–Crippen LogP) is 1.60. The lowest BCUT2D eigenvalue weighted by molar-refractivity contribution is -0.0936. The van der Waals surface area contributed by atoms with Crippen LogP contribution < -0.4 is 4.74 Å². The van der Waals surface area contributed by atoms with Gasteiger partial charge in [0.25, 0.3) is 0 Å². The second kappa shape index (κ2) is 6.35. The van der Waals surface area contributed by atoms with Gasteiger partial charge in [0, 0.05) is 4.47 Å². The molecule has 0 amide bonds. The first kappa shape index (κ1) is 12.8. The van der Waals surface area contributed by atoms with Crippen LogP contribution in [0, 0.1) is 0 Å². The lowest BCUT2D eigenvalue weighted by Crippen LogP contribution is -2.38. The summed E-state index contributed by atoms with van der Waals surface area (Å²) in [4.78, 5) is 0. The normalized spacial score (nSPS) is 19.6. The fraction of sp³-hybridized carbons (Fsp3) is 0.500. The molecule has 3 rings (SSSR count). The number of benzene rings is 1. The lowest BCUT2D eigenvalue weighted by atomic mass is 10.3. The van der Waals surface area contributed by atoms with Crippen LogP contribution >= 0.6 is 15.9 Å². The average molecular weight is 303 g/mol. The molecule has 2 saturated heterocycles. The first-order valence-electron chi connectivity index (χ1n) is 5.50. The second-order valence-electron chi connectivity index (χ2n) is 3.92. The van der Waals surface area contributed by atoms with Gasteiger partial charge in [-0.1, -0.05) is 15.9 Å². The van der Waals surface area contributed by atoms with E-state index >= 15 is 0 Å². The molecular formula is C12H15BrO4. The molecule has 1 aromatic carbocycles. The summed E-state index contributed by atoms with van der Waals surface area (Å²) in [6, 6.07) is 7.83. The largest absolute Gasteiger partial charge is 0.486 e. The minimum Gasteiger partial charge on any atom is -0.486 e. The van der Waals surface area contributed by atoms with Gasteiger partial charge < -0.3 is 19.3 Å². The Labute approximate surface area is 109 Å². The fourth-order valence-corrected chi connectivity index (χ4v) is 1.48. The van der Waals surface area contributed by atoms with Gasteiger partial charge in [0.2, 0.25) is 0 Å².